The van der Waals surface area contributed by atoms with Gasteiger partial charge >= 0.3 is 0 Å². The molecule has 1 saturated heterocycles. The van der Waals surface area contributed by atoms with Gasteiger partial charge in [0.05, 0.1) is 0 Å². The molecule has 1 heterocycles. The van der Waals surface area contributed by atoms with E-state index in [1.54, 1.807) is 0 Å². The average Bonchev–Trinajstić information content (AvgIpc) is 2.73. The predicted molar refractivity (Wildman–Crippen MR) is 67.0 cm³/mol. The summed E-state index contributed by atoms with van der Waals surface area (Å²) in [5, 5.41) is 0. The van der Waals surface area contributed by atoms with Gasteiger partial charge in [-0.15, -0.1) is 0 Å². The van der Waals surface area contributed by atoms with E-state index in [0.717, 1.165) is 25.9 Å². The highest BCUT2D eigenvalue weighted by Crippen LogP contribution is 2.22. The van der Waals surface area contributed by atoms with Crippen LogP contribution in [0.3, 0.4) is 0 Å². The molecule has 0 spiro atoms. The fourth-order valence-corrected chi connectivity index (χ4v) is 2.46. The predicted octanol–water partition coefficient (Wildman–Crippen LogP) is 1.87. The topological polar surface area (TPSA) is 46.3 Å². The summed E-state index contributed by atoms with van der Waals surface area (Å²) in [4.78, 5) is 14.1. The zero-order valence-electron chi connectivity index (χ0n) is 10.9. The first-order valence-electron chi connectivity index (χ1n) is 6.56. The van der Waals surface area contributed by atoms with Crippen molar-refractivity contribution in [2.45, 2.75) is 40.0 Å². The van der Waals surface area contributed by atoms with Gasteiger partial charge in [-0.2, -0.15) is 0 Å². The van der Waals surface area contributed by atoms with Crippen LogP contribution in [0, 0.1) is 17.8 Å². The third kappa shape index (κ3) is 3.48. The normalized spacial score (nSPS) is 22.8. The summed E-state index contributed by atoms with van der Waals surface area (Å²) >= 11 is 0. The molecule has 1 rings (SSSR count). The second kappa shape index (κ2) is 6.24. The molecule has 1 aliphatic rings. The quantitative estimate of drug-likeness (QED) is 0.778. The summed E-state index contributed by atoms with van der Waals surface area (Å²) in [6, 6.07) is 0. The molecule has 0 aromatic carbocycles. The van der Waals surface area contributed by atoms with E-state index in [9.17, 15) is 4.79 Å². The van der Waals surface area contributed by atoms with Crippen LogP contribution in [0.5, 0.6) is 0 Å². The lowest BCUT2D eigenvalue weighted by Crippen LogP contribution is -2.32. The number of hydrogen-bond acceptors (Lipinski definition) is 2. The van der Waals surface area contributed by atoms with E-state index in [2.05, 4.69) is 20.8 Å². The molecular weight excluding hydrogens is 200 g/mol. The Labute approximate surface area is 99.4 Å². The summed E-state index contributed by atoms with van der Waals surface area (Å²) in [6.07, 6.45) is 2.89. The summed E-state index contributed by atoms with van der Waals surface area (Å²) in [6.45, 7) is 9.08. The molecule has 1 aliphatic heterocycles. The SMILES string of the molecule is CCC(CC(=O)N1CCC(CN)C1)C(C)C. The lowest BCUT2D eigenvalue weighted by Gasteiger charge is -2.22. The molecule has 0 radical (unpaired) electrons. The van der Waals surface area contributed by atoms with Crippen molar-refractivity contribution in [2.24, 2.45) is 23.5 Å². The zero-order valence-corrected chi connectivity index (χ0v) is 10.9. The largest absolute Gasteiger partial charge is 0.342 e. The molecular formula is C13H26N2O. The van der Waals surface area contributed by atoms with E-state index in [-0.39, 0.29) is 0 Å². The van der Waals surface area contributed by atoms with Crippen molar-refractivity contribution >= 4 is 5.91 Å². The van der Waals surface area contributed by atoms with Crippen LogP contribution >= 0.6 is 0 Å². The van der Waals surface area contributed by atoms with Gasteiger partial charge in [-0.25, -0.2) is 0 Å². The van der Waals surface area contributed by atoms with E-state index in [0.29, 0.717) is 36.6 Å². The molecule has 0 aliphatic carbocycles. The molecule has 1 fully saturated rings. The Kier molecular flexibility index (Phi) is 5.26. The van der Waals surface area contributed by atoms with Gasteiger partial charge in [-0.05, 0) is 30.7 Å². The number of likely N-dealkylation sites (tertiary alicyclic amines) is 1. The van der Waals surface area contributed by atoms with E-state index in [1.807, 2.05) is 4.90 Å². The molecule has 2 N–H and O–H groups in total. The van der Waals surface area contributed by atoms with Gasteiger partial charge in [0.2, 0.25) is 5.91 Å². The molecule has 2 unspecified atom stereocenters. The van der Waals surface area contributed by atoms with Crippen molar-refractivity contribution < 1.29 is 4.79 Å². The molecule has 2 atom stereocenters. The Morgan fingerprint density at radius 3 is 2.62 bits per heavy atom. The van der Waals surface area contributed by atoms with Gasteiger partial charge in [0.1, 0.15) is 0 Å². The number of carbonyl (C=O) groups is 1. The van der Waals surface area contributed by atoms with Gasteiger partial charge in [0.15, 0.2) is 0 Å². The van der Waals surface area contributed by atoms with Crippen LogP contribution in [-0.2, 0) is 4.79 Å². The maximum absolute atomic E-state index is 12.1. The number of rotatable bonds is 5. The third-order valence-electron chi connectivity index (χ3n) is 3.88. The summed E-state index contributed by atoms with van der Waals surface area (Å²) in [7, 11) is 0. The van der Waals surface area contributed by atoms with Crippen molar-refractivity contribution in [1.82, 2.24) is 4.90 Å². The maximum atomic E-state index is 12.1. The van der Waals surface area contributed by atoms with Crippen molar-refractivity contribution in [3.63, 3.8) is 0 Å². The van der Waals surface area contributed by atoms with E-state index in [1.165, 1.54) is 0 Å². The Balaban J connectivity index is 2.40. The van der Waals surface area contributed by atoms with Crippen LogP contribution in [0.25, 0.3) is 0 Å². The number of hydrogen-bond donors (Lipinski definition) is 1. The second-order valence-corrected chi connectivity index (χ2v) is 5.35. The van der Waals surface area contributed by atoms with Crippen LogP contribution in [0.1, 0.15) is 40.0 Å². The molecule has 3 nitrogen and oxygen atoms in total. The second-order valence-electron chi connectivity index (χ2n) is 5.35. The fourth-order valence-electron chi connectivity index (χ4n) is 2.46. The minimum atomic E-state index is 0.330. The van der Waals surface area contributed by atoms with E-state index < -0.39 is 0 Å². The van der Waals surface area contributed by atoms with Crippen LogP contribution in [0.2, 0.25) is 0 Å². The minimum absolute atomic E-state index is 0.330. The lowest BCUT2D eigenvalue weighted by molar-refractivity contribution is -0.131. The van der Waals surface area contributed by atoms with Gasteiger partial charge in [-0.1, -0.05) is 27.2 Å². The summed E-state index contributed by atoms with van der Waals surface area (Å²) in [5.41, 5.74) is 5.63. The molecule has 3 heteroatoms. The van der Waals surface area contributed by atoms with Gasteiger partial charge in [0, 0.05) is 19.5 Å². The third-order valence-corrected chi connectivity index (χ3v) is 3.88. The van der Waals surface area contributed by atoms with Crippen molar-refractivity contribution in [1.29, 1.82) is 0 Å². The summed E-state index contributed by atoms with van der Waals surface area (Å²) in [5.74, 6) is 1.99. The molecule has 0 aromatic rings. The maximum Gasteiger partial charge on any atom is 0.222 e. The highest BCUT2D eigenvalue weighted by Gasteiger charge is 2.27. The number of nitrogens with zero attached hydrogens (tertiary/aromatic N) is 1. The molecule has 0 aromatic heterocycles. The summed E-state index contributed by atoms with van der Waals surface area (Å²) < 4.78 is 0. The van der Waals surface area contributed by atoms with E-state index in [4.69, 9.17) is 5.73 Å². The standard InChI is InChI=1S/C13H26N2O/c1-4-12(10(2)3)7-13(16)15-6-5-11(8-14)9-15/h10-12H,4-9,14H2,1-3H3. The van der Waals surface area contributed by atoms with E-state index >= 15 is 0 Å². The molecule has 1 amide bonds. The molecule has 94 valence electrons. The van der Waals surface area contributed by atoms with Crippen molar-refractivity contribution in [3.05, 3.63) is 0 Å². The van der Waals surface area contributed by atoms with Crippen LogP contribution in [-0.4, -0.2) is 30.4 Å². The lowest BCUT2D eigenvalue weighted by atomic mass is 9.90. The van der Waals surface area contributed by atoms with Gasteiger partial charge < -0.3 is 10.6 Å². The van der Waals surface area contributed by atoms with Crippen LogP contribution in [0.15, 0.2) is 0 Å². The van der Waals surface area contributed by atoms with Gasteiger partial charge in [-0.3, -0.25) is 4.79 Å². The van der Waals surface area contributed by atoms with Gasteiger partial charge in [0.25, 0.3) is 0 Å². The molecule has 0 saturated carbocycles. The smallest absolute Gasteiger partial charge is 0.222 e. The van der Waals surface area contributed by atoms with Crippen LogP contribution in [0.4, 0.5) is 0 Å². The Hall–Kier alpha value is -0.570. The minimum Gasteiger partial charge on any atom is -0.342 e. The number of nitrogens with two attached hydrogens (primary N) is 1. The van der Waals surface area contributed by atoms with Crippen molar-refractivity contribution in [3.8, 4) is 0 Å². The first kappa shape index (κ1) is 13.5. The number of carbonyl (C=O) groups excluding carboxylic acids is 1. The molecule has 0 bridgehead atoms. The van der Waals surface area contributed by atoms with Crippen LogP contribution < -0.4 is 5.73 Å². The highest BCUT2D eigenvalue weighted by molar-refractivity contribution is 5.76. The monoisotopic (exact) mass is 226 g/mol. The Morgan fingerprint density at radius 2 is 2.19 bits per heavy atom. The Morgan fingerprint density at radius 1 is 1.50 bits per heavy atom. The average molecular weight is 226 g/mol. The fraction of sp³-hybridized carbons (Fsp3) is 0.923. The number of amides is 1. The zero-order chi connectivity index (χ0) is 12.1. The highest BCUT2D eigenvalue weighted by atomic mass is 16.2. The Bertz CT molecular complexity index is 228. The molecule has 16 heavy (non-hydrogen) atoms. The van der Waals surface area contributed by atoms with Crippen molar-refractivity contribution in [2.75, 3.05) is 19.6 Å². The first-order chi connectivity index (χ1) is 7.58. The first-order valence-corrected chi connectivity index (χ1v) is 6.56.